The number of carbonyl (C=O) groups excluding carboxylic acids is 1. The molecule has 0 fully saturated rings. The Bertz CT molecular complexity index is 433. The van der Waals surface area contributed by atoms with Gasteiger partial charge in [0, 0.05) is 12.1 Å². The zero-order chi connectivity index (χ0) is 11.4. The van der Waals surface area contributed by atoms with E-state index in [9.17, 15) is 9.90 Å². The summed E-state index contributed by atoms with van der Waals surface area (Å²) in [5.74, 6) is -0.132. The van der Waals surface area contributed by atoms with E-state index < -0.39 is 6.10 Å². The fourth-order valence-corrected chi connectivity index (χ4v) is 1.27. The highest BCUT2D eigenvalue weighted by Gasteiger charge is 2.12. The number of aliphatic hydroxyl groups excluding tert-OH is 1. The Morgan fingerprint density at radius 1 is 1.44 bits per heavy atom. The quantitative estimate of drug-likeness (QED) is 0.816. The van der Waals surface area contributed by atoms with Crippen molar-refractivity contribution in [2.24, 2.45) is 0 Å². The van der Waals surface area contributed by atoms with Gasteiger partial charge in [0.25, 0.3) is 5.91 Å². The fraction of sp³-hybridized carbons (Fsp3) is 0.182. The Labute approximate surface area is 91.7 Å². The molecule has 5 heteroatoms. The minimum absolute atomic E-state index is 0.110. The number of rotatable bonds is 4. The summed E-state index contributed by atoms with van der Waals surface area (Å²) in [4.78, 5) is 11.4. The third-order valence-corrected chi connectivity index (χ3v) is 2.13. The van der Waals surface area contributed by atoms with E-state index in [1.54, 1.807) is 18.2 Å². The van der Waals surface area contributed by atoms with Crippen molar-refractivity contribution in [1.82, 2.24) is 5.32 Å². The number of hydrogen-bond donors (Lipinski definition) is 2. The molecule has 16 heavy (non-hydrogen) atoms. The van der Waals surface area contributed by atoms with Crippen molar-refractivity contribution in [3.63, 3.8) is 0 Å². The molecule has 2 rings (SSSR count). The lowest BCUT2D eigenvalue weighted by Crippen LogP contribution is -2.27. The van der Waals surface area contributed by atoms with Gasteiger partial charge in [-0.2, -0.15) is 0 Å². The van der Waals surface area contributed by atoms with E-state index in [-0.39, 0.29) is 18.2 Å². The number of carbonyl (C=O) groups is 1. The Morgan fingerprint density at radius 2 is 2.31 bits per heavy atom. The third kappa shape index (κ3) is 2.32. The van der Waals surface area contributed by atoms with Crippen molar-refractivity contribution in [1.29, 1.82) is 0 Å². The molecule has 1 atom stereocenters. The van der Waals surface area contributed by atoms with Crippen LogP contribution in [0.2, 0.25) is 0 Å². The number of hydrogen-bond acceptors (Lipinski definition) is 4. The first-order valence-corrected chi connectivity index (χ1v) is 4.79. The van der Waals surface area contributed by atoms with E-state index in [1.807, 2.05) is 0 Å². The van der Waals surface area contributed by atoms with Crippen LogP contribution in [-0.4, -0.2) is 17.6 Å². The molecule has 0 spiro atoms. The number of aliphatic hydroxyl groups is 1. The predicted octanol–water partition coefficient (Wildman–Crippen LogP) is 1.34. The summed E-state index contributed by atoms with van der Waals surface area (Å²) < 4.78 is 9.73. The maximum atomic E-state index is 11.4. The highest BCUT2D eigenvalue weighted by atomic mass is 16.3. The monoisotopic (exact) mass is 221 g/mol. The van der Waals surface area contributed by atoms with Crippen LogP contribution in [0.15, 0.2) is 45.8 Å². The Kier molecular flexibility index (Phi) is 3.07. The van der Waals surface area contributed by atoms with E-state index in [4.69, 9.17) is 8.83 Å². The van der Waals surface area contributed by atoms with Crippen molar-refractivity contribution in [3.05, 3.63) is 48.3 Å². The topological polar surface area (TPSA) is 75.6 Å². The highest BCUT2D eigenvalue weighted by molar-refractivity contribution is 5.91. The Morgan fingerprint density at radius 3 is 2.94 bits per heavy atom. The second-order valence-corrected chi connectivity index (χ2v) is 3.26. The Hall–Kier alpha value is -2.01. The molecular weight excluding hydrogens is 210 g/mol. The minimum atomic E-state index is -0.780. The largest absolute Gasteiger partial charge is 0.472 e. The van der Waals surface area contributed by atoms with Crippen LogP contribution in [0.5, 0.6) is 0 Å². The van der Waals surface area contributed by atoms with Crippen LogP contribution >= 0.6 is 0 Å². The molecule has 84 valence electrons. The summed E-state index contributed by atoms with van der Waals surface area (Å²) in [6.45, 7) is 0.110. The summed E-state index contributed by atoms with van der Waals surface area (Å²) in [6.07, 6.45) is 3.54. The van der Waals surface area contributed by atoms with Gasteiger partial charge in [0.2, 0.25) is 0 Å². The van der Waals surface area contributed by atoms with E-state index in [0.717, 1.165) is 0 Å². The summed E-state index contributed by atoms with van der Waals surface area (Å²) >= 11 is 0. The zero-order valence-corrected chi connectivity index (χ0v) is 8.42. The zero-order valence-electron chi connectivity index (χ0n) is 8.42. The van der Waals surface area contributed by atoms with Gasteiger partial charge in [-0.15, -0.1) is 0 Å². The van der Waals surface area contributed by atoms with Gasteiger partial charge in [0.1, 0.15) is 0 Å². The van der Waals surface area contributed by atoms with Gasteiger partial charge in [0.15, 0.2) is 5.76 Å². The van der Waals surface area contributed by atoms with Crippen molar-refractivity contribution < 1.29 is 18.7 Å². The lowest BCUT2D eigenvalue weighted by atomic mass is 10.2. The van der Waals surface area contributed by atoms with E-state index in [2.05, 4.69) is 5.32 Å². The molecule has 0 saturated carbocycles. The smallest absolute Gasteiger partial charge is 0.287 e. The third-order valence-electron chi connectivity index (χ3n) is 2.13. The lowest BCUT2D eigenvalue weighted by molar-refractivity contribution is 0.0888. The molecule has 0 radical (unpaired) electrons. The molecule has 2 aromatic heterocycles. The van der Waals surface area contributed by atoms with Crippen LogP contribution in [0, 0.1) is 0 Å². The summed E-state index contributed by atoms with van der Waals surface area (Å²) in [5, 5.41) is 12.2. The molecule has 0 aliphatic heterocycles. The highest BCUT2D eigenvalue weighted by Crippen LogP contribution is 2.11. The van der Waals surface area contributed by atoms with E-state index >= 15 is 0 Å². The van der Waals surface area contributed by atoms with Crippen molar-refractivity contribution in [3.8, 4) is 0 Å². The number of amides is 1. The molecule has 0 bridgehead atoms. The first kappa shape index (κ1) is 10.5. The normalized spacial score (nSPS) is 12.3. The molecule has 2 heterocycles. The second-order valence-electron chi connectivity index (χ2n) is 3.26. The first-order valence-electron chi connectivity index (χ1n) is 4.79. The molecule has 0 unspecified atom stereocenters. The van der Waals surface area contributed by atoms with Gasteiger partial charge in [-0.1, -0.05) is 0 Å². The molecule has 0 saturated heterocycles. The summed E-state index contributed by atoms with van der Waals surface area (Å²) in [6, 6.07) is 4.82. The lowest BCUT2D eigenvalue weighted by Gasteiger charge is -2.08. The van der Waals surface area contributed by atoms with E-state index in [0.29, 0.717) is 5.56 Å². The van der Waals surface area contributed by atoms with Gasteiger partial charge in [-0.25, -0.2) is 0 Å². The summed E-state index contributed by atoms with van der Waals surface area (Å²) in [7, 11) is 0. The molecule has 0 aromatic carbocycles. The van der Waals surface area contributed by atoms with Crippen LogP contribution < -0.4 is 5.32 Å². The van der Waals surface area contributed by atoms with Crippen molar-refractivity contribution >= 4 is 5.91 Å². The minimum Gasteiger partial charge on any atom is -0.472 e. The molecule has 0 aliphatic carbocycles. The standard InChI is InChI=1S/C11H11NO4/c13-9(8-3-5-15-7-8)6-12-11(14)10-2-1-4-16-10/h1-5,7,9,13H,6H2,(H,12,14)/t9-/m0/s1. The van der Waals surface area contributed by atoms with Gasteiger partial charge in [-0.3, -0.25) is 4.79 Å². The van der Waals surface area contributed by atoms with Crippen LogP contribution in [0.1, 0.15) is 22.2 Å². The van der Waals surface area contributed by atoms with E-state index in [1.165, 1.54) is 18.8 Å². The predicted molar refractivity (Wildman–Crippen MR) is 54.7 cm³/mol. The molecule has 2 N–H and O–H groups in total. The van der Waals surface area contributed by atoms with Gasteiger partial charge >= 0.3 is 0 Å². The van der Waals surface area contributed by atoms with Gasteiger partial charge in [0.05, 0.1) is 24.9 Å². The molecule has 2 aromatic rings. The second kappa shape index (κ2) is 4.67. The van der Waals surface area contributed by atoms with Crippen molar-refractivity contribution in [2.75, 3.05) is 6.54 Å². The van der Waals surface area contributed by atoms with Gasteiger partial charge in [-0.05, 0) is 18.2 Å². The van der Waals surface area contributed by atoms with Crippen LogP contribution in [-0.2, 0) is 0 Å². The molecular formula is C11H11NO4. The average Bonchev–Trinajstić information content (AvgIpc) is 2.95. The SMILES string of the molecule is O=C(NC[C@H](O)c1ccoc1)c1ccco1. The Balaban J connectivity index is 1.86. The van der Waals surface area contributed by atoms with Crippen molar-refractivity contribution in [2.45, 2.75) is 6.10 Å². The maximum Gasteiger partial charge on any atom is 0.287 e. The average molecular weight is 221 g/mol. The summed E-state index contributed by atoms with van der Waals surface area (Å²) in [5.41, 5.74) is 0.625. The molecule has 1 amide bonds. The maximum absolute atomic E-state index is 11.4. The number of furan rings is 2. The molecule has 5 nitrogen and oxygen atoms in total. The fourth-order valence-electron chi connectivity index (χ4n) is 1.27. The van der Waals surface area contributed by atoms with Crippen LogP contribution in [0.4, 0.5) is 0 Å². The number of nitrogens with one attached hydrogen (secondary N) is 1. The van der Waals surface area contributed by atoms with Gasteiger partial charge < -0.3 is 19.3 Å². The van der Waals surface area contributed by atoms with Crippen LogP contribution in [0.25, 0.3) is 0 Å². The molecule has 0 aliphatic rings. The van der Waals surface area contributed by atoms with Crippen LogP contribution in [0.3, 0.4) is 0 Å². The first-order chi connectivity index (χ1) is 7.77.